The molecule has 0 spiro atoms. The van der Waals surface area contributed by atoms with Gasteiger partial charge in [-0.3, -0.25) is 4.79 Å². The van der Waals surface area contributed by atoms with E-state index in [-0.39, 0.29) is 26.2 Å². The fourth-order valence-corrected chi connectivity index (χ4v) is 0.123. The van der Waals surface area contributed by atoms with Crippen LogP contribution in [0.2, 0.25) is 0 Å². The molecule has 0 unspecified atom stereocenters. The summed E-state index contributed by atoms with van der Waals surface area (Å²) >= 11 is 0. The molecule has 0 heterocycles. The third-order valence-electron chi connectivity index (χ3n) is 0.319. The predicted octanol–water partition coefficient (Wildman–Crippen LogP) is -0.537. The molecule has 0 aromatic rings. The molecule has 0 bridgehead atoms. The van der Waals surface area contributed by atoms with Gasteiger partial charge in [0.25, 0.3) is 0 Å². The fourth-order valence-electron chi connectivity index (χ4n) is 0.123. The van der Waals surface area contributed by atoms with E-state index in [1.807, 2.05) is 0 Å². The normalized spacial score (nSPS) is 6.29. The minimum atomic E-state index is -0.829. The minimum absolute atomic E-state index is 0. The van der Waals surface area contributed by atoms with Gasteiger partial charge in [0.2, 0.25) is 0 Å². The number of hydrogen-bond acceptors (Lipinski definition) is 1. The van der Waals surface area contributed by atoms with E-state index in [1.54, 1.807) is 0 Å². The second-order valence-corrected chi connectivity index (χ2v) is 0.887. The maximum atomic E-state index is 9.53. The van der Waals surface area contributed by atoms with Crippen molar-refractivity contribution in [2.75, 3.05) is 0 Å². The van der Waals surface area contributed by atoms with E-state index in [4.69, 9.17) is 5.11 Å². The van der Waals surface area contributed by atoms with Crippen LogP contribution >= 0.6 is 0 Å². The quantitative estimate of drug-likeness (QED) is 0.434. The Bertz CT molecular complexity index is 70.1. The molecule has 0 fully saturated rings. The SMILES string of the molecule is C=CCC(=O)O.[GaH3]. The monoisotopic (exact) mass is 158 g/mol. The molecule has 0 atom stereocenters. The van der Waals surface area contributed by atoms with E-state index in [0.717, 1.165) is 0 Å². The first-order valence-corrected chi connectivity index (χ1v) is 1.60. The van der Waals surface area contributed by atoms with Gasteiger partial charge < -0.3 is 5.11 Å². The van der Waals surface area contributed by atoms with Gasteiger partial charge in [0, 0.05) is 0 Å². The molecule has 0 aliphatic heterocycles. The van der Waals surface area contributed by atoms with Crippen molar-refractivity contribution in [1.82, 2.24) is 0 Å². The summed E-state index contributed by atoms with van der Waals surface area (Å²) in [4.78, 5) is 9.53. The Labute approximate surface area is 55.3 Å². The molecule has 0 aliphatic rings. The molecule has 0 saturated heterocycles. The van der Waals surface area contributed by atoms with Gasteiger partial charge in [0.05, 0.1) is 6.42 Å². The molecule has 0 rings (SSSR count). The van der Waals surface area contributed by atoms with Crippen LogP contribution in [0.15, 0.2) is 12.7 Å². The van der Waals surface area contributed by atoms with Crippen LogP contribution in [-0.2, 0) is 4.79 Å². The van der Waals surface area contributed by atoms with Crippen LogP contribution in [0, 0.1) is 0 Å². The van der Waals surface area contributed by atoms with E-state index < -0.39 is 5.97 Å². The van der Waals surface area contributed by atoms with Crippen LogP contribution in [0.4, 0.5) is 0 Å². The van der Waals surface area contributed by atoms with Gasteiger partial charge in [-0.2, -0.15) is 0 Å². The molecular weight excluding hydrogens is 150 g/mol. The molecule has 7 heavy (non-hydrogen) atoms. The Kier molecular flexibility index (Phi) is 8.32. The van der Waals surface area contributed by atoms with Crippen molar-refractivity contribution in [3.63, 3.8) is 0 Å². The van der Waals surface area contributed by atoms with E-state index in [2.05, 4.69) is 6.58 Å². The Morgan fingerprint density at radius 1 is 1.86 bits per heavy atom. The number of carboxylic acids is 1. The Hall–Kier alpha value is -0.154. The Balaban J connectivity index is 0. The summed E-state index contributed by atoms with van der Waals surface area (Å²) in [6.07, 6.45) is 1.41. The molecule has 40 valence electrons. The predicted molar refractivity (Wildman–Crippen MR) is 32.4 cm³/mol. The molecule has 0 amide bonds. The van der Waals surface area contributed by atoms with Crippen LogP contribution in [-0.4, -0.2) is 30.9 Å². The number of aliphatic carboxylic acids is 1. The van der Waals surface area contributed by atoms with Crippen LogP contribution in [0.5, 0.6) is 0 Å². The van der Waals surface area contributed by atoms with E-state index >= 15 is 0 Å². The fraction of sp³-hybridized carbons (Fsp3) is 0.250. The summed E-state index contributed by atoms with van der Waals surface area (Å²) in [5, 5.41) is 7.84. The van der Waals surface area contributed by atoms with Gasteiger partial charge in [-0.05, 0) is 0 Å². The molecular formula is C4H9GaO2. The van der Waals surface area contributed by atoms with Crippen LogP contribution < -0.4 is 0 Å². The molecule has 2 nitrogen and oxygen atoms in total. The molecule has 0 aromatic carbocycles. The summed E-state index contributed by atoms with van der Waals surface area (Å²) < 4.78 is 0. The van der Waals surface area contributed by atoms with Gasteiger partial charge >= 0.3 is 25.8 Å². The summed E-state index contributed by atoms with van der Waals surface area (Å²) in [5.41, 5.74) is 0. The van der Waals surface area contributed by atoms with E-state index in [9.17, 15) is 4.79 Å². The first-order valence-electron chi connectivity index (χ1n) is 1.60. The van der Waals surface area contributed by atoms with Crippen molar-refractivity contribution in [2.24, 2.45) is 0 Å². The first-order chi connectivity index (χ1) is 2.77. The third kappa shape index (κ3) is 10.7. The van der Waals surface area contributed by atoms with Crippen molar-refractivity contribution in [3.8, 4) is 0 Å². The van der Waals surface area contributed by atoms with Crippen molar-refractivity contribution < 1.29 is 9.90 Å². The van der Waals surface area contributed by atoms with Crippen molar-refractivity contribution >= 4 is 25.8 Å². The first kappa shape index (κ1) is 9.96. The van der Waals surface area contributed by atoms with Gasteiger partial charge in [0.15, 0.2) is 0 Å². The molecule has 3 heteroatoms. The second kappa shape index (κ2) is 5.85. The van der Waals surface area contributed by atoms with Crippen LogP contribution in [0.3, 0.4) is 0 Å². The number of rotatable bonds is 2. The standard InChI is InChI=1S/C4H6O2.Ga.3H/c1-2-3-4(5)6;;;;/h2H,1,3H2,(H,5,6);;;;. The zero-order valence-electron chi connectivity index (χ0n) is 3.35. The average molecular weight is 159 g/mol. The van der Waals surface area contributed by atoms with E-state index in [0.29, 0.717) is 0 Å². The van der Waals surface area contributed by atoms with Crippen molar-refractivity contribution in [2.45, 2.75) is 6.42 Å². The van der Waals surface area contributed by atoms with Crippen LogP contribution in [0.25, 0.3) is 0 Å². The van der Waals surface area contributed by atoms with Gasteiger partial charge in [-0.15, -0.1) is 6.58 Å². The van der Waals surface area contributed by atoms with Gasteiger partial charge in [-0.1, -0.05) is 6.08 Å². The van der Waals surface area contributed by atoms with Crippen molar-refractivity contribution in [3.05, 3.63) is 12.7 Å². The van der Waals surface area contributed by atoms with Crippen LogP contribution in [0.1, 0.15) is 6.42 Å². The number of hydrogen-bond donors (Lipinski definition) is 1. The Morgan fingerprint density at radius 3 is 2.29 bits per heavy atom. The maximum absolute atomic E-state index is 9.53. The second-order valence-electron chi connectivity index (χ2n) is 0.887. The molecule has 0 saturated carbocycles. The summed E-state index contributed by atoms with van der Waals surface area (Å²) in [5.74, 6) is -0.829. The Morgan fingerprint density at radius 2 is 2.29 bits per heavy atom. The van der Waals surface area contributed by atoms with E-state index in [1.165, 1.54) is 6.08 Å². The summed E-state index contributed by atoms with van der Waals surface area (Å²) in [7, 11) is 0. The molecule has 0 aromatic heterocycles. The zero-order valence-corrected chi connectivity index (χ0v) is 3.35. The molecule has 1 N–H and O–H groups in total. The van der Waals surface area contributed by atoms with Crippen molar-refractivity contribution in [1.29, 1.82) is 0 Å². The topological polar surface area (TPSA) is 37.3 Å². The zero-order chi connectivity index (χ0) is 4.99. The van der Waals surface area contributed by atoms with Gasteiger partial charge in [0.1, 0.15) is 0 Å². The third-order valence-corrected chi connectivity index (χ3v) is 0.319. The summed E-state index contributed by atoms with van der Waals surface area (Å²) in [6.45, 7) is 3.22. The van der Waals surface area contributed by atoms with Gasteiger partial charge in [-0.25, -0.2) is 0 Å². The molecule has 0 radical (unpaired) electrons. The number of carbonyl (C=O) groups is 1. The average Bonchev–Trinajstić information content (AvgIpc) is 1.35. The molecule has 0 aliphatic carbocycles. The number of carboxylic acid groups (broad SMARTS) is 1. The summed E-state index contributed by atoms with van der Waals surface area (Å²) in [6, 6.07) is 0.